The van der Waals surface area contributed by atoms with E-state index in [-0.39, 0.29) is 0 Å². The maximum atomic E-state index is 6.12. The van der Waals surface area contributed by atoms with E-state index < -0.39 is 0 Å². The smallest absolute Gasteiger partial charge is 0.140 e. The first-order chi connectivity index (χ1) is 16.2. The maximum Gasteiger partial charge on any atom is 0.140 e. The van der Waals surface area contributed by atoms with E-state index in [1.54, 1.807) is 6.20 Å². The molecule has 1 aliphatic carbocycles. The minimum atomic E-state index is 0.536. The number of aryl methyl sites for hydroxylation is 1. The number of pyridine rings is 1. The van der Waals surface area contributed by atoms with Crippen LogP contribution >= 0.6 is 0 Å². The zero-order valence-corrected chi connectivity index (χ0v) is 18.4. The molecular formula is C26H25N5O2. The molecule has 0 radical (unpaired) electrons. The first-order valence-corrected chi connectivity index (χ1v) is 11.2. The average molecular weight is 440 g/mol. The van der Waals surface area contributed by atoms with Gasteiger partial charge in [0.25, 0.3) is 0 Å². The lowest BCUT2D eigenvalue weighted by atomic mass is 10.1. The molecule has 0 saturated heterocycles. The van der Waals surface area contributed by atoms with Gasteiger partial charge in [0.05, 0.1) is 6.61 Å². The predicted octanol–water partition coefficient (Wildman–Crippen LogP) is 5.47. The third-order valence-corrected chi connectivity index (χ3v) is 5.97. The van der Waals surface area contributed by atoms with Gasteiger partial charge in [0, 0.05) is 41.6 Å². The van der Waals surface area contributed by atoms with E-state index >= 15 is 0 Å². The highest BCUT2D eigenvalue weighted by molar-refractivity contribution is 6.12. The van der Waals surface area contributed by atoms with Gasteiger partial charge in [-0.1, -0.05) is 0 Å². The number of rotatable bonds is 6. The summed E-state index contributed by atoms with van der Waals surface area (Å²) in [6.45, 7) is 3.37. The second-order valence-electron chi connectivity index (χ2n) is 8.57. The summed E-state index contributed by atoms with van der Waals surface area (Å²) in [7, 11) is 0. The fraction of sp³-hybridized carbons (Fsp3) is 0.231. The number of hydrogen-bond acceptors (Lipinski definition) is 6. The molecule has 2 N–H and O–H groups in total. The number of ether oxygens (including phenoxy) is 2. The number of anilines is 2. The lowest BCUT2D eigenvalue weighted by molar-refractivity contribution is 0.300. The van der Waals surface area contributed by atoms with Crippen LogP contribution < -0.4 is 20.1 Å². The number of nitrogens with one attached hydrogen (secondary N) is 2. The van der Waals surface area contributed by atoms with Crippen molar-refractivity contribution in [3.05, 3.63) is 78.2 Å². The number of imidazole rings is 1. The van der Waals surface area contributed by atoms with Crippen LogP contribution in [0.25, 0.3) is 5.65 Å². The van der Waals surface area contributed by atoms with Gasteiger partial charge in [0.2, 0.25) is 0 Å². The molecule has 0 amide bonds. The van der Waals surface area contributed by atoms with Crippen LogP contribution in [-0.2, 0) is 0 Å². The van der Waals surface area contributed by atoms with Crippen molar-refractivity contribution in [1.29, 1.82) is 0 Å². The monoisotopic (exact) mass is 439 g/mol. The fourth-order valence-electron chi connectivity index (χ4n) is 3.92. The van der Waals surface area contributed by atoms with Gasteiger partial charge in [-0.2, -0.15) is 0 Å². The van der Waals surface area contributed by atoms with Crippen LogP contribution in [0.4, 0.5) is 11.4 Å². The number of fused-ring (bicyclic) bond motifs is 2. The Balaban J connectivity index is 1.19. The Hall–Kier alpha value is -4.00. The molecule has 33 heavy (non-hydrogen) atoms. The molecule has 166 valence electrons. The zero-order valence-electron chi connectivity index (χ0n) is 18.4. The molecule has 6 rings (SSSR count). The molecular weight excluding hydrogens is 414 g/mol. The Morgan fingerprint density at radius 2 is 2.00 bits per heavy atom. The van der Waals surface area contributed by atoms with Crippen LogP contribution in [0.3, 0.4) is 0 Å². The largest absolute Gasteiger partial charge is 0.493 e. The van der Waals surface area contributed by atoms with Crippen LogP contribution in [0, 0.1) is 12.8 Å². The number of benzene rings is 2. The lowest BCUT2D eigenvalue weighted by Crippen LogP contribution is -2.22. The summed E-state index contributed by atoms with van der Waals surface area (Å²) in [5.41, 5.74) is 4.91. The molecule has 0 unspecified atom stereocenters. The summed E-state index contributed by atoms with van der Waals surface area (Å²) in [4.78, 5) is 8.97. The van der Waals surface area contributed by atoms with E-state index in [2.05, 4.69) is 38.8 Å². The van der Waals surface area contributed by atoms with Crippen LogP contribution in [-0.4, -0.2) is 28.5 Å². The summed E-state index contributed by atoms with van der Waals surface area (Å²) >= 11 is 0. The van der Waals surface area contributed by atoms with Crippen molar-refractivity contribution in [2.75, 3.05) is 23.9 Å². The number of aliphatic imine (C=N–C) groups is 1. The number of amidine groups is 1. The molecule has 7 nitrogen and oxygen atoms in total. The van der Waals surface area contributed by atoms with E-state index in [0.29, 0.717) is 6.67 Å². The lowest BCUT2D eigenvalue weighted by Gasteiger charge is -2.21. The van der Waals surface area contributed by atoms with Crippen molar-refractivity contribution in [1.82, 2.24) is 9.38 Å². The Morgan fingerprint density at radius 1 is 1.06 bits per heavy atom. The molecule has 0 spiro atoms. The van der Waals surface area contributed by atoms with Crippen LogP contribution in [0.2, 0.25) is 0 Å². The summed E-state index contributed by atoms with van der Waals surface area (Å²) < 4.78 is 14.0. The topological polar surface area (TPSA) is 72.2 Å². The SMILES string of the molecule is Cc1cc(NC2=NCNc3ccc(OCC4CC4)cc32)ccc1Oc1ccn2ccnc2c1. The van der Waals surface area contributed by atoms with Crippen molar-refractivity contribution in [2.24, 2.45) is 10.9 Å². The average Bonchev–Trinajstić information content (AvgIpc) is 3.55. The Labute approximate surface area is 192 Å². The van der Waals surface area contributed by atoms with Gasteiger partial charge < -0.3 is 24.5 Å². The van der Waals surface area contributed by atoms with Crippen LogP contribution in [0.1, 0.15) is 24.0 Å². The standard InChI is InChI=1S/C26H25N5O2/c1-17-12-19(4-7-24(17)33-21-8-10-31-11-9-27-25(31)14-21)30-26-22-13-20(32-15-18-2-3-18)5-6-23(22)28-16-29-26/h4-14,18,28H,2-3,15-16H2,1H3,(H,29,30). The van der Waals surface area contributed by atoms with Gasteiger partial charge in [-0.05, 0) is 73.7 Å². The highest BCUT2D eigenvalue weighted by atomic mass is 16.5. The van der Waals surface area contributed by atoms with E-state index in [1.807, 2.05) is 54.0 Å². The third-order valence-electron chi connectivity index (χ3n) is 5.97. The number of nitrogens with zero attached hydrogens (tertiary/aromatic N) is 3. The van der Waals surface area contributed by atoms with Crippen molar-refractivity contribution >= 4 is 22.9 Å². The normalized spacial score (nSPS) is 14.9. The molecule has 1 aliphatic heterocycles. The highest BCUT2D eigenvalue weighted by Gasteiger charge is 2.22. The molecule has 2 aliphatic rings. The van der Waals surface area contributed by atoms with Crippen LogP contribution in [0.15, 0.2) is 72.1 Å². The quantitative estimate of drug-likeness (QED) is 0.417. The van der Waals surface area contributed by atoms with Gasteiger partial charge in [0.15, 0.2) is 0 Å². The maximum absolute atomic E-state index is 6.12. The van der Waals surface area contributed by atoms with E-state index in [9.17, 15) is 0 Å². The molecule has 4 aromatic rings. The molecule has 7 heteroatoms. The predicted molar refractivity (Wildman–Crippen MR) is 130 cm³/mol. The molecule has 1 fully saturated rings. The van der Waals surface area contributed by atoms with Gasteiger partial charge in [0.1, 0.15) is 35.4 Å². The van der Waals surface area contributed by atoms with Gasteiger partial charge in [-0.15, -0.1) is 0 Å². The van der Waals surface area contributed by atoms with Gasteiger partial charge in [-0.3, -0.25) is 0 Å². The zero-order chi connectivity index (χ0) is 22.2. The molecule has 0 atom stereocenters. The van der Waals surface area contributed by atoms with Gasteiger partial charge in [-0.25, -0.2) is 9.98 Å². The summed E-state index contributed by atoms with van der Waals surface area (Å²) in [5.74, 6) is 4.00. The summed E-state index contributed by atoms with van der Waals surface area (Å²) in [5, 5.41) is 6.81. The minimum Gasteiger partial charge on any atom is -0.493 e. The molecule has 0 bridgehead atoms. The Bertz CT molecular complexity index is 1360. The molecule has 2 aromatic carbocycles. The first-order valence-electron chi connectivity index (χ1n) is 11.2. The molecule has 3 heterocycles. The molecule has 2 aromatic heterocycles. The summed E-state index contributed by atoms with van der Waals surface area (Å²) in [6, 6.07) is 16.1. The van der Waals surface area contributed by atoms with E-state index in [1.165, 1.54) is 12.8 Å². The van der Waals surface area contributed by atoms with Crippen LogP contribution in [0.5, 0.6) is 17.2 Å². The highest BCUT2D eigenvalue weighted by Crippen LogP contribution is 2.32. The second kappa shape index (κ2) is 8.16. The fourth-order valence-corrected chi connectivity index (χ4v) is 3.92. The van der Waals surface area contributed by atoms with Crippen molar-refractivity contribution in [2.45, 2.75) is 19.8 Å². The number of aromatic nitrogens is 2. The molecule has 1 saturated carbocycles. The van der Waals surface area contributed by atoms with Crippen molar-refractivity contribution < 1.29 is 9.47 Å². The van der Waals surface area contributed by atoms with E-state index in [4.69, 9.17) is 9.47 Å². The second-order valence-corrected chi connectivity index (χ2v) is 8.57. The third kappa shape index (κ3) is 4.22. The summed E-state index contributed by atoms with van der Waals surface area (Å²) in [6.07, 6.45) is 8.18. The Kier molecular flexibility index (Phi) is 4.87. The number of hydrogen-bond donors (Lipinski definition) is 2. The van der Waals surface area contributed by atoms with E-state index in [0.717, 1.165) is 63.8 Å². The first kappa shape index (κ1) is 19.7. The van der Waals surface area contributed by atoms with Gasteiger partial charge >= 0.3 is 0 Å². The minimum absolute atomic E-state index is 0.536. The van der Waals surface area contributed by atoms with Crippen molar-refractivity contribution in [3.63, 3.8) is 0 Å². The van der Waals surface area contributed by atoms with Crippen molar-refractivity contribution in [3.8, 4) is 17.2 Å². The Morgan fingerprint density at radius 3 is 2.88 bits per heavy atom.